The SMILES string of the molecule is CCCS(=O)(=O)N1CCC(CCNC(=O)c2ccc(Cl)cc2Cl)(c2ncccc2C)CC1. The summed E-state index contributed by atoms with van der Waals surface area (Å²) in [7, 11) is -3.24. The number of pyridine rings is 1. The van der Waals surface area contributed by atoms with Gasteiger partial charge in [0.2, 0.25) is 10.0 Å². The lowest BCUT2D eigenvalue weighted by Gasteiger charge is -2.41. The van der Waals surface area contributed by atoms with Gasteiger partial charge in [0.15, 0.2) is 0 Å². The van der Waals surface area contributed by atoms with E-state index < -0.39 is 10.0 Å². The molecule has 9 heteroatoms. The van der Waals surface area contributed by atoms with E-state index in [-0.39, 0.29) is 17.1 Å². The van der Waals surface area contributed by atoms with Crippen LogP contribution in [0.25, 0.3) is 0 Å². The number of carbonyl (C=O) groups is 1. The van der Waals surface area contributed by atoms with E-state index in [0.29, 0.717) is 60.9 Å². The fraction of sp³-hybridized carbons (Fsp3) is 0.478. The fourth-order valence-corrected chi connectivity index (χ4v) is 6.42. The molecule has 0 bridgehead atoms. The Bertz CT molecular complexity index is 1070. The van der Waals surface area contributed by atoms with Crippen LogP contribution in [-0.4, -0.2) is 49.0 Å². The van der Waals surface area contributed by atoms with E-state index in [1.165, 1.54) is 0 Å². The molecule has 2 aromatic rings. The molecule has 1 aromatic carbocycles. The van der Waals surface area contributed by atoms with Crippen LogP contribution >= 0.6 is 23.2 Å². The second-order valence-corrected chi connectivity index (χ2v) is 11.2. The van der Waals surface area contributed by atoms with E-state index in [1.807, 2.05) is 26.0 Å². The van der Waals surface area contributed by atoms with Gasteiger partial charge in [-0.2, -0.15) is 0 Å². The highest BCUT2D eigenvalue weighted by molar-refractivity contribution is 7.89. The molecule has 1 amide bonds. The van der Waals surface area contributed by atoms with Crippen molar-refractivity contribution >= 4 is 39.1 Å². The first kappa shape index (κ1) is 25.0. The fourth-order valence-electron chi connectivity index (χ4n) is 4.41. The van der Waals surface area contributed by atoms with Gasteiger partial charge in [-0.25, -0.2) is 12.7 Å². The van der Waals surface area contributed by atoms with Gasteiger partial charge in [0.25, 0.3) is 5.91 Å². The maximum Gasteiger partial charge on any atom is 0.252 e. The van der Waals surface area contributed by atoms with Crippen LogP contribution in [0.4, 0.5) is 0 Å². The molecule has 1 saturated heterocycles. The van der Waals surface area contributed by atoms with Crippen LogP contribution in [0.1, 0.15) is 54.2 Å². The van der Waals surface area contributed by atoms with Gasteiger partial charge in [-0.1, -0.05) is 36.2 Å². The minimum atomic E-state index is -3.24. The zero-order valence-corrected chi connectivity index (χ0v) is 20.7. The predicted octanol–water partition coefficient (Wildman–Crippen LogP) is 4.59. The number of piperidine rings is 1. The molecule has 0 unspecified atom stereocenters. The number of nitrogens with zero attached hydrogens (tertiary/aromatic N) is 2. The molecule has 1 N–H and O–H groups in total. The maximum atomic E-state index is 12.6. The molecular formula is C23H29Cl2N3O3S. The molecule has 1 fully saturated rings. The quantitative estimate of drug-likeness (QED) is 0.578. The third-order valence-electron chi connectivity index (χ3n) is 6.11. The Hall–Kier alpha value is -1.67. The second-order valence-electron chi connectivity index (χ2n) is 8.29. The highest BCUT2D eigenvalue weighted by atomic mass is 35.5. The van der Waals surface area contributed by atoms with Crippen molar-refractivity contribution in [2.45, 2.75) is 44.9 Å². The van der Waals surface area contributed by atoms with Crippen molar-refractivity contribution in [1.29, 1.82) is 0 Å². The van der Waals surface area contributed by atoms with Crippen LogP contribution in [0.15, 0.2) is 36.5 Å². The summed E-state index contributed by atoms with van der Waals surface area (Å²) >= 11 is 12.1. The summed E-state index contributed by atoms with van der Waals surface area (Å²) in [6, 6.07) is 8.71. The highest BCUT2D eigenvalue weighted by Crippen LogP contribution is 2.39. The average molecular weight is 498 g/mol. The molecule has 3 rings (SSSR count). The van der Waals surface area contributed by atoms with Crippen molar-refractivity contribution in [3.05, 3.63) is 63.4 Å². The molecule has 0 spiro atoms. The number of carbonyl (C=O) groups excluding carboxylic acids is 1. The number of benzene rings is 1. The summed E-state index contributed by atoms with van der Waals surface area (Å²) in [4.78, 5) is 17.3. The van der Waals surface area contributed by atoms with E-state index in [1.54, 1.807) is 28.7 Å². The van der Waals surface area contributed by atoms with Crippen LogP contribution < -0.4 is 5.32 Å². The van der Waals surface area contributed by atoms with Crippen molar-refractivity contribution in [3.63, 3.8) is 0 Å². The number of halogens is 2. The minimum absolute atomic E-state index is 0.167. The van der Waals surface area contributed by atoms with Crippen LogP contribution in [0.5, 0.6) is 0 Å². The van der Waals surface area contributed by atoms with Gasteiger partial charge in [0.05, 0.1) is 16.3 Å². The normalized spacial score (nSPS) is 16.6. The van der Waals surface area contributed by atoms with E-state index in [9.17, 15) is 13.2 Å². The summed E-state index contributed by atoms with van der Waals surface area (Å²) in [6.45, 7) is 5.23. The zero-order chi connectivity index (χ0) is 23.4. The van der Waals surface area contributed by atoms with E-state index in [2.05, 4.69) is 10.3 Å². The number of rotatable bonds is 8. The molecule has 0 saturated carbocycles. The van der Waals surface area contributed by atoms with Gasteiger partial charge in [0.1, 0.15) is 0 Å². The van der Waals surface area contributed by atoms with Crippen molar-refractivity contribution in [2.24, 2.45) is 0 Å². The summed E-state index contributed by atoms with van der Waals surface area (Å²) in [5.41, 5.74) is 2.12. The van der Waals surface area contributed by atoms with E-state index >= 15 is 0 Å². The number of aryl methyl sites for hydroxylation is 1. The first-order valence-electron chi connectivity index (χ1n) is 10.8. The second kappa shape index (κ2) is 10.5. The van der Waals surface area contributed by atoms with Gasteiger partial charge < -0.3 is 5.32 Å². The van der Waals surface area contributed by atoms with Crippen LogP contribution in [0.3, 0.4) is 0 Å². The Kier molecular flexibility index (Phi) is 8.20. The van der Waals surface area contributed by atoms with Crippen LogP contribution in [-0.2, 0) is 15.4 Å². The highest BCUT2D eigenvalue weighted by Gasteiger charge is 2.40. The molecule has 2 heterocycles. The minimum Gasteiger partial charge on any atom is -0.352 e. The molecule has 6 nitrogen and oxygen atoms in total. The van der Waals surface area contributed by atoms with Gasteiger partial charge >= 0.3 is 0 Å². The average Bonchev–Trinajstić information content (AvgIpc) is 2.74. The third kappa shape index (κ3) is 5.63. The lowest BCUT2D eigenvalue weighted by molar-refractivity contribution is 0.0947. The molecule has 1 aliphatic rings. The van der Waals surface area contributed by atoms with Crippen molar-refractivity contribution < 1.29 is 13.2 Å². The summed E-state index contributed by atoms with van der Waals surface area (Å²) < 4.78 is 26.7. The van der Waals surface area contributed by atoms with Gasteiger partial charge in [-0.05, 0) is 62.4 Å². The molecular weight excluding hydrogens is 469 g/mol. The first-order valence-corrected chi connectivity index (χ1v) is 13.2. The molecule has 1 aliphatic heterocycles. The Balaban J connectivity index is 1.75. The number of sulfonamides is 1. The van der Waals surface area contributed by atoms with Crippen LogP contribution in [0, 0.1) is 6.92 Å². The Morgan fingerprint density at radius 1 is 1.22 bits per heavy atom. The molecule has 1 aromatic heterocycles. The lowest BCUT2D eigenvalue weighted by atomic mass is 9.72. The largest absolute Gasteiger partial charge is 0.352 e. The number of hydrogen-bond donors (Lipinski definition) is 1. The topological polar surface area (TPSA) is 79.4 Å². The smallest absolute Gasteiger partial charge is 0.252 e. The van der Waals surface area contributed by atoms with Crippen molar-refractivity contribution in [1.82, 2.24) is 14.6 Å². The van der Waals surface area contributed by atoms with E-state index in [0.717, 1.165) is 11.3 Å². The zero-order valence-electron chi connectivity index (χ0n) is 18.4. The lowest BCUT2D eigenvalue weighted by Crippen LogP contribution is -2.47. The predicted molar refractivity (Wildman–Crippen MR) is 129 cm³/mol. The Labute approximate surface area is 200 Å². The number of hydrogen-bond acceptors (Lipinski definition) is 4. The first-order chi connectivity index (χ1) is 15.2. The third-order valence-corrected chi connectivity index (χ3v) is 8.74. The standard InChI is InChI=1S/C23H29Cl2N3O3S/c1-3-15-32(30,31)28-13-9-23(10-14-28,21-17(2)5-4-11-26-21)8-12-27-22(29)19-7-6-18(24)16-20(19)25/h4-7,11,16H,3,8-10,12-15H2,1-2H3,(H,27,29). The van der Waals surface area contributed by atoms with Crippen LogP contribution in [0.2, 0.25) is 10.0 Å². The monoisotopic (exact) mass is 497 g/mol. The summed E-state index contributed by atoms with van der Waals surface area (Å²) in [6.07, 6.45) is 4.35. The van der Waals surface area contributed by atoms with Crippen molar-refractivity contribution in [2.75, 3.05) is 25.4 Å². The molecule has 0 radical (unpaired) electrons. The summed E-state index contributed by atoms with van der Waals surface area (Å²) in [5.74, 6) is -0.0944. The molecule has 0 aliphatic carbocycles. The van der Waals surface area contributed by atoms with Gasteiger partial charge in [0, 0.05) is 42.0 Å². The number of amides is 1. The van der Waals surface area contributed by atoms with E-state index in [4.69, 9.17) is 23.2 Å². The molecule has 32 heavy (non-hydrogen) atoms. The summed E-state index contributed by atoms with van der Waals surface area (Å²) in [5, 5.41) is 3.73. The Morgan fingerprint density at radius 2 is 1.94 bits per heavy atom. The number of nitrogens with one attached hydrogen (secondary N) is 1. The van der Waals surface area contributed by atoms with Gasteiger partial charge in [-0.15, -0.1) is 0 Å². The number of aromatic nitrogens is 1. The molecule has 174 valence electrons. The maximum absolute atomic E-state index is 12.6. The van der Waals surface area contributed by atoms with Crippen molar-refractivity contribution in [3.8, 4) is 0 Å². The Morgan fingerprint density at radius 3 is 2.56 bits per heavy atom. The van der Waals surface area contributed by atoms with Gasteiger partial charge in [-0.3, -0.25) is 9.78 Å². The molecule has 0 atom stereocenters.